The molecule has 1 N–H and O–H groups in total. The monoisotopic (exact) mass is 228 g/mol. The van der Waals surface area contributed by atoms with Crippen LogP contribution in [0.2, 0.25) is 0 Å². The molecule has 5 heteroatoms. The summed E-state index contributed by atoms with van der Waals surface area (Å²) in [4.78, 5) is 22.1. The third-order valence-electron chi connectivity index (χ3n) is 1.62. The van der Waals surface area contributed by atoms with E-state index in [1.165, 1.54) is 20.8 Å². The van der Waals surface area contributed by atoms with Gasteiger partial charge in [-0.2, -0.15) is 0 Å². The molecule has 0 spiro atoms. The lowest BCUT2D eigenvalue weighted by Gasteiger charge is -2.19. The summed E-state index contributed by atoms with van der Waals surface area (Å²) in [6.07, 6.45) is -2.49. The fraction of sp³-hybridized carbons (Fsp3) is 0.455. The van der Waals surface area contributed by atoms with Crippen molar-refractivity contribution in [3.63, 3.8) is 0 Å². The molecule has 5 nitrogen and oxygen atoms in total. The van der Waals surface area contributed by atoms with Gasteiger partial charge in [0, 0.05) is 11.1 Å². The summed E-state index contributed by atoms with van der Waals surface area (Å²) in [5.41, 5.74) is 0.350. The van der Waals surface area contributed by atoms with Crippen LogP contribution in [0.5, 0.6) is 0 Å². The number of carbonyl (C=O) groups excluding carboxylic acids is 2. The molecular formula is C11H16O5. The zero-order chi connectivity index (χ0) is 12.9. The van der Waals surface area contributed by atoms with Crippen LogP contribution < -0.4 is 0 Å². The number of ether oxygens (including phenoxy) is 2. The zero-order valence-corrected chi connectivity index (χ0v) is 9.65. The number of aliphatic hydroxyl groups is 1. The largest absolute Gasteiger partial charge is 0.453 e. The Morgan fingerprint density at radius 1 is 1.06 bits per heavy atom. The smallest absolute Gasteiger partial charge is 0.335 e. The van der Waals surface area contributed by atoms with Crippen LogP contribution >= 0.6 is 0 Å². The summed E-state index contributed by atoms with van der Waals surface area (Å²) in [6, 6.07) is 0. The van der Waals surface area contributed by atoms with Crippen LogP contribution in [0.15, 0.2) is 24.3 Å². The van der Waals surface area contributed by atoms with Gasteiger partial charge in [0.1, 0.15) is 0 Å². The Labute approximate surface area is 94.4 Å². The summed E-state index contributed by atoms with van der Waals surface area (Å²) < 4.78 is 9.32. The van der Waals surface area contributed by atoms with E-state index in [0.29, 0.717) is 0 Å². The molecule has 0 rings (SSSR count). The van der Waals surface area contributed by atoms with Crippen molar-refractivity contribution in [2.24, 2.45) is 0 Å². The molecule has 0 radical (unpaired) electrons. The highest BCUT2D eigenvalue weighted by Crippen LogP contribution is 2.06. The quantitative estimate of drug-likeness (QED) is 0.430. The first kappa shape index (κ1) is 14.4. The van der Waals surface area contributed by atoms with E-state index in [4.69, 9.17) is 4.74 Å². The Balaban J connectivity index is 4.24. The fourth-order valence-electron chi connectivity index (χ4n) is 0.634. The van der Waals surface area contributed by atoms with Gasteiger partial charge >= 0.3 is 11.9 Å². The number of hydrogen-bond acceptors (Lipinski definition) is 5. The zero-order valence-electron chi connectivity index (χ0n) is 9.65. The van der Waals surface area contributed by atoms with E-state index in [-0.39, 0.29) is 11.1 Å². The van der Waals surface area contributed by atoms with Crippen molar-refractivity contribution in [1.29, 1.82) is 0 Å². The van der Waals surface area contributed by atoms with Gasteiger partial charge in [0.2, 0.25) is 6.29 Å². The molecule has 2 unspecified atom stereocenters. The van der Waals surface area contributed by atoms with E-state index >= 15 is 0 Å². The highest BCUT2D eigenvalue weighted by molar-refractivity contribution is 5.87. The minimum atomic E-state index is -1.52. The van der Waals surface area contributed by atoms with Crippen molar-refractivity contribution in [2.75, 3.05) is 0 Å². The molecule has 0 amide bonds. The number of rotatable bonds is 5. The molecule has 0 aliphatic heterocycles. The van der Waals surface area contributed by atoms with E-state index < -0.39 is 24.3 Å². The summed E-state index contributed by atoms with van der Waals surface area (Å²) >= 11 is 0. The van der Waals surface area contributed by atoms with Gasteiger partial charge in [-0.05, 0) is 20.8 Å². The first-order valence-electron chi connectivity index (χ1n) is 4.66. The van der Waals surface area contributed by atoms with Crippen molar-refractivity contribution in [2.45, 2.75) is 33.2 Å². The van der Waals surface area contributed by atoms with Gasteiger partial charge in [0.15, 0.2) is 6.10 Å². The second-order valence-corrected chi connectivity index (χ2v) is 3.47. The Hall–Kier alpha value is -1.62. The maximum Gasteiger partial charge on any atom is 0.335 e. The van der Waals surface area contributed by atoms with Gasteiger partial charge in [0.25, 0.3) is 0 Å². The minimum Gasteiger partial charge on any atom is -0.453 e. The normalized spacial score (nSPS) is 13.5. The average molecular weight is 228 g/mol. The highest BCUT2D eigenvalue weighted by Gasteiger charge is 2.22. The molecule has 0 saturated carbocycles. The minimum absolute atomic E-state index is 0.150. The molecule has 2 atom stereocenters. The standard InChI is InChI=1S/C11H16O5/c1-6(2)9(12)15-8(5)11(14)16-10(13)7(3)4/h8,11,14H,1,3H2,2,4-5H3. The third-order valence-corrected chi connectivity index (χ3v) is 1.62. The van der Waals surface area contributed by atoms with Crippen molar-refractivity contribution in [3.05, 3.63) is 24.3 Å². The molecule has 0 aliphatic carbocycles. The second-order valence-electron chi connectivity index (χ2n) is 3.47. The van der Waals surface area contributed by atoms with Gasteiger partial charge in [0.05, 0.1) is 0 Å². The van der Waals surface area contributed by atoms with Crippen LogP contribution in [0.4, 0.5) is 0 Å². The van der Waals surface area contributed by atoms with Gasteiger partial charge < -0.3 is 14.6 Å². The molecule has 0 aliphatic rings. The molecule has 0 bridgehead atoms. The van der Waals surface area contributed by atoms with Gasteiger partial charge in [-0.25, -0.2) is 9.59 Å². The lowest BCUT2D eigenvalue weighted by atomic mass is 10.3. The maximum atomic E-state index is 11.1. The Morgan fingerprint density at radius 2 is 1.44 bits per heavy atom. The van der Waals surface area contributed by atoms with Crippen LogP contribution in [-0.2, 0) is 19.1 Å². The predicted octanol–water partition coefficient (Wildman–Crippen LogP) is 0.932. The molecule has 0 aromatic rings. The predicted molar refractivity (Wildman–Crippen MR) is 57.3 cm³/mol. The van der Waals surface area contributed by atoms with E-state index in [9.17, 15) is 14.7 Å². The molecule has 0 saturated heterocycles. The van der Waals surface area contributed by atoms with Crippen molar-refractivity contribution >= 4 is 11.9 Å². The molecular weight excluding hydrogens is 212 g/mol. The van der Waals surface area contributed by atoms with E-state index in [1.807, 2.05) is 0 Å². The lowest BCUT2D eigenvalue weighted by molar-refractivity contribution is -0.191. The topological polar surface area (TPSA) is 72.8 Å². The van der Waals surface area contributed by atoms with Crippen LogP contribution in [0, 0.1) is 0 Å². The Kier molecular flexibility index (Phi) is 5.46. The SMILES string of the molecule is C=C(C)C(=O)OC(C)C(O)OC(=O)C(=C)C. The summed E-state index contributed by atoms with van der Waals surface area (Å²) in [6.45, 7) is 11.0. The number of carbonyl (C=O) groups is 2. The van der Waals surface area contributed by atoms with Crippen LogP contribution in [0.1, 0.15) is 20.8 Å². The van der Waals surface area contributed by atoms with Crippen LogP contribution in [-0.4, -0.2) is 29.4 Å². The molecule has 0 heterocycles. The summed E-state index contributed by atoms with van der Waals surface area (Å²) in [5.74, 6) is -1.40. The lowest BCUT2D eigenvalue weighted by Crippen LogP contribution is -2.33. The van der Waals surface area contributed by atoms with Crippen molar-refractivity contribution < 1.29 is 24.2 Å². The first-order valence-corrected chi connectivity index (χ1v) is 4.66. The number of esters is 2. The maximum absolute atomic E-state index is 11.1. The molecule has 90 valence electrons. The number of hydrogen-bond donors (Lipinski definition) is 1. The highest BCUT2D eigenvalue weighted by atomic mass is 16.7. The molecule has 0 aromatic heterocycles. The van der Waals surface area contributed by atoms with Crippen molar-refractivity contribution in [1.82, 2.24) is 0 Å². The van der Waals surface area contributed by atoms with Crippen LogP contribution in [0.25, 0.3) is 0 Å². The fourth-order valence-corrected chi connectivity index (χ4v) is 0.634. The van der Waals surface area contributed by atoms with Gasteiger partial charge in [-0.1, -0.05) is 13.2 Å². The van der Waals surface area contributed by atoms with E-state index in [0.717, 1.165) is 0 Å². The molecule has 16 heavy (non-hydrogen) atoms. The van der Waals surface area contributed by atoms with Crippen molar-refractivity contribution in [3.8, 4) is 0 Å². The molecule has 0 fully saturated rings. The van der Waals surface area contributed by atoms with Gasteiger partial charge in [-0.15, -0.1) is 0 Å². The average Bonchev–Trinajstić information content (AvgIpc) is 2.16. The second kappa shape index (κ2) is 6.07. The number of aliphatic hydroxyl groups excluding tert-OH is 1. The Morgan fingerprint density at radius 3 is 1.81 bits per heavy atom. The first-order chi connectivity index (χ1) is 7.25. The Bertz CT molecular complexity index is 286. The van der Waals surface area contributed by atoms with Gasteiger partial charge in [-0.3, -0.25) is 0 Å². The summed E-state index contributed by atoms with van der Waals surface area (Å²) in [7, 11) is 0. The molecule has 0 aromatic carbocycles. The van der Waals surface area contributed by atoms with Crippen LogP contribution in [0.3, 0.4) is 0 Å². The third kappa shape index (κ3) is 4.75. The van der Waals surface area contributed by atoms with E-state index in [2.05, 4.69) is 17.9 Å². The summed E-state index contributed by atoms with van der Waals surface area (Å²) in [5, 5.41) is 9.38. The van der Waals surface area contributed by atoms with E-state index in [1.54, 1.807) is 0 Å².